The lowest BCUT2D eigenvalue weighted by Gasteiger charge is -2.37. The van der Waals surface area contributed by atoms with E-state index in [0.717, 1.165) is 0 Å². The molecule has 98 valence electrons. The molecule has 0 saturated carbocycles. The normalized spacial score (nSPS) is 17.6. The average molecular weight is 254 g/mol. The Labute approximate surface area is 95.6 Å². The molecule has 0 aromatic carbocycles. The van der Waals surface area contributed by atoms with Crippen molar-refractivity contribution in [1.82, 2.24) is 10.2 Å². The van der Waals surface area contributed by atoms with Crippen molar-refractivity contribution < 1.29 is 27.9 Å². The minimum Gasteiger partial charge on any atom is -0.481 e. The van der Waals surface area contributed by atoms with Crippen LogP contribution in [-0.2, 0) is 9.59 Å². The first-order valence-corrected chi connectivity index (χ1v) is 5.04. The van der Waals surface area contributed by atoms with Gasteiger partial charge in [0, 0.05) is 13.1 Å². The van der Waals surface area contributed by atoms with Gasteiger partial charge in [0.1, 0.15) is 6.54 Å². The molecule has 0 unspecified atom stereocenters. The fourth-order valence-corrected chi connectivity index (χ4v) is 1.64. The van der Waals surface area contributed by atoms with Crippen LogP contribution < -0.4 is 5.32 Å². The number of rotatable bonds is 5. The molecule has 8 heteroatoms. The van der Waals surface area contributed by atoms with E-state index in [1.807, 2.05) is 0 Å². The van der Waals surface area contributed by atoms with Gasteiger partial charge in [0.25, 0.3) is 0 Å². The molecule has 1 amide bonds. The zero-order valence-electron chi connectivity index (χ0n) is 8.96. The minimum atomic E-state index is -4.41. The van der Waals surface area contributed by atoms with E-state index in [2.05, 4.69) is 0 Å². The molecule has 1 fully saturated rings. The predicted molar refractivity (Wildman–Crippen MR) is 51.2 cm³/mol. The zero-order chi connectivity index (χ0) is 13.1. The summed E-state index contributed by atoms with van der Waals surface area (Å²) in [6.07, 6.45) is -4.38. The van der Waals surface area contributed by atoms with Crippen LogP contribution in [0.4, 0.5) is 13.2 Å². The quantitative estimate of drug-likeness (QED) is 0.728. The molecule has 5 nitrogen and oxygen atoms in total. The van der Waals surface area contributed by atoms with E-state index in [-0.39, 0.29) is 18.9 Å². The van der Waals surface area contributed by atoms with E-state index in [1.54, 1.807) is 10.2 Å². The molecule has 0 spiro atoms. The highest BCUT2D eigenvalue weighted by Crippen LogP contribution is 2.18. The number of alkyl halides is 3. The van der Waals surface area contributed by atoms with Gasteiger partial charge in [0.05, 0.1) is 13.0 Å². The summed E-state index contributed by atoms with van der Waals surface area (Å²) in [5, 5.41) is 10.2. The fourth-order valence-electron chi connectivity index (χ4n) is 1.64. The molecule has 0 aromatic rings. The lowest BCUT2D eigenvalue weighted by atomic mass is 9.96. The third-order valence-corrected chi connectivity index (χ3v) is 2.35. The van der Waals surface area contributed by atoms with Crippen LogP contribution in [0.1, 0.15) is 6.42 Å². The van der Waals surface area contributed by atoms with Crippen LogP contribution in [0.5, 0.6) is 0 Å². The van der Waals surface area contributed by atoms with Gasteiger partial charge in [-0.2, -0.15) is 13.2 Å². The molecular weight excluding hydrogens is 241 g/mol. The minimum absolute atomic E-state index is 0.0112. The van der Waals surface area contributed by atoms with Crippen molar-refractivity contribution in [2.24, 2.45) is 5.92 Å². The number of aliphatic carboxylic acids is 1. The monoisotopic (exact) mass is 254 g/mol. The Morgan fingerprint density at radius 2 is 1.94 bits per heavy atom. The number of carbonyl (C=O) groups excluding carboxylic acids is 1. The fraction of sp³-hybridized carbons (Fsp3) is 0.778. The number of carboxylic acids is 1. The second-order valence-corrected chi connectivity index (χ2v) is 4.05. The molecular formula is C9H13F3N2O3. The number of hydrogen-bond donors (Lipinski definition) is 2. The summed E-state index contributed by atoms with van der Waals surface area (Å²) >= 11 is 0. The summed E-state index contributed by atoms with van der Waals surface area (Å²) in [7, 11) is 0. The first kappa shape index (κ1) is 13.8. The third kappa shape index (κ3) is 5.53. The van der Waals surface area contributed by atoms with Gasteiger partial charge >= 0.3 is 12.1 Å². The summed E-state index contributed by atoms with van der Waals surface area (Å²) < 4.78 is 35.3. The van der Waals surface area contributed by atoms with Crippen molar-refractivity contribution in [3.05, 3.63) is 0 Å². The lowest BCUT2D eigenvalue weighted by Crippen LogP contribution is -2.52. The molecule has 1 heterocycles. The van der Waals surface area contributed by atoms with Crippen molar-refractivity contribution in [3.8, 4) is 0 Å². The molecule has 0 atom stereocenters. The Morgan fingerprint density at radius 3 is 2.41 bits per heavy atom. The summed E-state index contributed by atoms with van der Waals surface area (Å²) in [4.78, 5) is 23.0. The number of likely N-dealkylation sites (tertiary alicyclic amines) is 1. The van der Waals surface area contributed by atoms with E-state index in [9.17, 15) is 22.8 Å². The number of nitrogens with one attached hydrogen (secondary N) is 1. The maximum Gasteiger partial charge on any atom is 0.405 e. The van der Waals surface area contributed by atoms with E-state index >= 15 is 0 Å². The summed E-state index contributed by atoms with van der Waals surface area (Å²) in [5.41, 5.74) is 0. The first-order chi connectivity index (χ1) is 7.76. The van der Waals surface area contributed by atoms with Gasteiger partial charge in [-0.1, -0.05) is 0 Å². The predicted octanol–water partition coefficient (Wildman–Crippen LogP) is 0.0714. The van der Waals surface area contributed by atoms with E-state index < -0.39 is 24.6 Å². The molecule has 0 aromatic heterocycles. The highest BCUT2D eigenvalue weighted by atomic mass is 19.4. The van der Waals surface area contributed by atoms with Gasteiger partial charge in [-0.15, -0.1) is 0 Å². The number of amides is 1. The van der Waals surface area contributed by atoms with Crippen LogP contribution in [0.2, 0.25) is 0 Å². The van der Waals surface area contributed by atoms with Crippen LogP contribution in [0, 0.1) is 5.92 Å². The van der Waals surface area contributed by atoms with Crippen molar-refractivity contribution in [1.29, 1.82) is 0 Å². The Morgan fingerprint density at radius 1 is 1.35 bits per heavy atom. The smallest absolute Gasteiger partial charge is 0.405 e. The van der Waals surface area contributed by atoms with Crippen LogP contribution in [0.3, 0.4) is 0 Å². The van der Waals surface area contributed by atoms with Crippen molar-refractivity contribution in [3.63, 3.8) is 0 Å². The molecule has 1 rings (SSSR count). The maximum absolute atomic E-state index is 11.8. The molecule has 17 heavy (non-hydrogen) atoms. The Bertz CT molecular complexity index is 300. The molecule has 0 bridgehead atoms. The zero-order valence-corrected chi connectivity index (χ0v) is 8.96. The van der Waals surface area contributed by atoms with E-state index in [0.29, 0.717) is 13.1 Å². The lowest BCUT2D eigenvalue weighted by molar-refractivity contribution is -0.142. The topological polar surface area (TPSA) is 69.6 Å². The Kier molecular flexibility index (Phi) is 4.33. The largest absolute Gasteiger partial charge is 0.481 e. The van der Waals surface area contributed by atoms with Crippen LogP contribution >= 0.6 is 0 Å². The van der Waals surface area contributed by atoms with Crippen molar-refractivity contribution in [2.45, 2.75) is 12.6 Å². The maximum atomic E-state index is 11.8. The molecule has 0 radical (unpaired) electrons. The molecule has 1 aliphatic rings. The summed E-state index contributed by atoms with van der Waals surface area (Å²) in [6.45, 7) is -0.581. The van der Waals surface area contributed by atoms with Crippen LogP contribution in [0.15, 0.2) is 0 Å². The molecule has 1 saturated heterocycles. The van der Waals surface area contributed by atoms with E-state index in [1.165, 1.54) is 0 Å². The van der Waals surface area contributed by atoms with Gasteiger partial charge in [-0.05, 0) is 5.92 Å². The molecule has 2 N–H and O–H groups in total. The highest BCUT2D eigenvalue weighted by molar-refractivity contribution is 5.78. The molecule has 1 aliphatic heterocycles. The average Bonchev–Trinajstić information content (AvgIpc) is 2.09. The highest BCUT2D eigenvalue weighted by Gasteiger charge is 2.31. The number of nitrogens with zero attached hydrogens (tertiary/aromatic N) is 1. The van der Waals surface area contributed by atoms with Gasteiger partial charge in [-0.3, -0.25) is 14.5 Å². The number of carbonyl (C=O) groups is 2. The second-order valence-electron chi connectivity index (χ2n) is 4.05. The Balaban J connectivity index is 2.12. The standard InChI is InChI=1S/C9H13F3N2O3/c10-9(11,12)5-13-7(15)4-14-2-6(3-14)1-8(16)17/h6H,1-5H2,(H,13,15)(H,16,17). The van der Waals surface area contributed by atoms with Crippen molar-refractivity contribution >= 4 is 11.9 Å². The van der Waals surface area contributed by atoms with Gasteiger partial charge < -0.3 is 10.4 Å². The number of carboxylic acid groups (broad SMARTS) is 1. The van der Waals surface area contributed by atoms with Gasteiger partial charge in [0.15, 0.2) is 0 Å². The van der Waals surface area contributed by atoms with Crippen LogP contribution in [-0.4, -0.2) is 54.2 Å². The van der Waals surface area contributed by atoms with Crippen molar-refractivity contribution in [2.75, 3.05) is 26.2 Å². The summed E-state index contributed by atoms with van der Waals surface area (Å²) in [5.74, 6) is -1.62. The first-order valence-electron chi connectivity index (χ1n) is 5.04. The molecule has 0 aliphatic carbocycles. The number of halogens is 3. The number of hydrogen-bond acceptors (Lipinski definition) is 3. The van der Waals surface area contributed by atoms with Crippen LogP contribution in [0.25, 0.3) is 0 Å². The van der Waals surface area contributed by atoms with E-state index in [4.69, 9.17) is 5.11 Å². The second kappa shape index (κ2) is 5.35. The Hall–Kier alpha value is -1.31. The van der Waals surface area contributed by atoms with Gasteiger partial charge in [-0.25, -0.2) is 0 Å². The summed E-state index contributed by atoms with van der Waals surface area (Å²) in [6, 6.07) is 0. The van der Waals surface area contributed by atoms with Gasteiger partial charge in [0.2, 0.25) is 5.91 Å². The third-order valence-electron chi connectivity index (χ3n) is 2.35. The SMILES string of the molecule is O=C(O)CC1CN(CC(=O)NCC(F)(F)F)C1.